The zero-order valence-electron chi connectivity index (χ0n) is 22.9. The number of amides is 2. The number of piperazine rings is 1. The van der Waals surface area contributed by atoms with E-state index in [1.165, 1.54) is 4.90 Å². The number of benzene rings is 1. The third-order valence-corrected chi connectivity index (χ3v) is 9.11. The molecule has 0 aliphatic carbocycles. The summed E-state index contributed by atoms with van der Waals surface area (Å²) in [6.45, 7) is 10.2. The normalized spacial score (nSPS) is 24.4. The van der Waals surface area contributed by atoms with Crippen LogP contribution < -0.4 is 10.2 Å². The summed E-state index contributed by atoms with van der Waals surface area (Å²) >= 11 is 8.09. The van der Waals surface area contributed by atoms with Gasteiger partial charge in [0.15, 0.2) is 10.9 Å². The molecular formula is C28H36ClN5O4S. The molecule has 2 amide bonds. The van der Waals surface area contributed by atoms with Gasteiger partial charge >= 0.3 is 0 Å². The number of carbonyl (C=O) groups excluding carboxylic acids is 3. The molecule has 39 heavy (non-hydrogen) atoms. The molecule has 1 aromatic carbocycles. The Balaban J connectivity index is 1.28. The number of rotatable bonds is 7. The zero-order valence-corrected chi connectivity index (χ0v) is 24.4. The average Bonchev–Trinajstić information content (AvgIpc) is 3.58. The number of ketones is 1. The fraction of sp³-hybridized carbons (Fsp3) is 0.571. The summed E-state index contributed by atoms with van der Waals surface area (Å²) in [6, 6.07) is 5.90. The number of likely N-dealkylation sites (tertiary alicyclic amines) is 1. The molecule has 1 N–H and O–H groups in total. The van der Waals surface area contributed by atoms with Crippen LogP contribution in [0.3, 0.4) is 0 Å². The van der Waals surface area contributed by atoms with Crippen LogP contribution in [0.15, 0.2) is 24.3 Å². The molecule has 11 heteroatoms. The van der Waals surface area contributed by atoms with E-state index in [0.29, 0.717) is 12.0 Å². The van der Waals surface area contributed by atoms with Crippen LogP contribution in [0.4, 0.5) is 5.13 Å². The number of anilines is 1. The highest BCUT2D eigenvalue weighted by Gasteiger charge is 2.52. The summed E-state index contributed by atoms with van der Waals surface area (Å²) in [4.78, 5) is 51.4. The molecule has 4 atom stereocenters. The van der Waals surface area contributed by atoms with E-state index in [0.717, 1.165) is 47.4 Å². The summed E-state index contributed by atoms with van der Waals surface area (Å²) in [5.74, 6) is -0.611. The van der Waals surface area contributed by atoms with Gasteiger partial charge in [0.25, 0.3) is 5.91 Å². The van der Waals surface area contributed by atoms with Crippen molar-refractivity contribution in [2.24, 2.45) is 5.92 Å². The molecular weight excluding hydrogens is 538 g/mol. The van der Waals surface area contributed by atoms with Crippen LogP contribution in [0.25, 0.3) is 11.3 Å². The topological polar surface area (TPSA) is 95.1 Å². The van der Waals surface area contributed by atoms with Crippen molar-refractivity contribution < 1.29 is 19.1 Å². The van der Waals surface area contributed by atoms with Crippen LogP contribution in [0.1, 0.15) is 35.5 Å². The van der Waals surface area contributed by atoms with Gasteiger partial charge in [-0.15, -0.1) is 22.9 Å². The summed E-state index contributed by atoms with van der Waals surface area (Å²) in [6.07, 6.45) is -0.0389. The van der Waals surface area contributed by atoms with Crippen molar-refractivity contribution in [1.29, 1.82) is 0 Å². The highest BCUT2D eigenvalue weighted by Crippen LogP contribution is 2.34. The maximum absolute atomic E-state index is 13.5. The fourth-order valence-electron chi connectivity index (χ4n) is 5.52. The lowest BCUT2D eigenvalue weighted by Gasteiger charge is -2.32. The van der Waals surface area contributed by atoms with E-state index in [9.17, 15) is 14.4 Å². The van der Waals surface area contributed by atoms with Gasteiger partial charge in [0.1, 0.15) is 24.8 Å². The van der Waals surface area contributed by atoms with Crippen LogP contribution in [0.5, 0.6) is 0 Å². The number of alkyl halides is 1. The van der Waals surface area contributed by atoms with Crippen molar-refractivity contribution in [2.75, 3.05) is 51.3 Å². The number of fused-ring (bicyclic) bond motifs is 1. The molecule has 0 bridgehead atoms. The molecule has 0 unspecified atom stereocenters. The van der Waals surface area contributed by atoms with Gasteiger partial charge in [-0.1, -0.05) is 26.0 Å². The first-order valence-corrected chi connectivity index (χ1v) is 14.8. The number of carbonyl (C=O) groups is 3. The molecule has 9 nitrogen and oxygen atoms in total. The molecule has 3 aliphatic rings. The number of halogens is 1. The minimum absolute atomic E-state index is 0.0365. The Morgan fingerprint density at radius 1 is 1.18 bits per heavy atom. The van der Waals surface area contributed by atoms with Gasteiger partial charge in [0.2, 0.25) is 5.91 Å². The van der Waals surface area contributed by atoms with E-state index < -0.39 is 23.6 Å². The molecule has 0 saturated carbocycles. The van der Waals surface area contributed by atoms with Gasteiger partial charge in [0.05, 0.1) is 11.1 Å². The van der Waals surface area contributed by atoms with Crippen LogP contribution in [0, 0.1) is 12.8 Å². The van der Waals surface area contributed by atoms with Gasteiger partial charge in [-0.2, -0.15) is 0 Å². The SMILES string of the molecule is Cc1sc(N2CCN(C)CC2)nc1-c1ccc(C(=O)N[C@@H](CC(C)C)C(=O)N2C[C@@H](Cl)[C@H]3OCC(=O)[C@H]32)cc1. The Labute approximate surface area is 238 Å². The Bertz CT molecular complexity index is 1230. The molecule has 5 rings (SSSR count). The first-order valence-electron chi connectivity index (χ1n) is 13.5. The van der Waals surface area contributed by atoms with Crippen molar-refractivity contribution >= 4 is 45.7 Å². The Morgan fingerprint density at radius 3 is 2.54 bits per heavy atom. The second-order valence-corrected chi connectivity index (χ2v) is 12.9. The molecule has 3 saturated heterocycles. The van der Waals surface area contributed by atoms with Gasteiger partial charge in [-0.3, -0.25) is 14.4 Å². The molecule has 3 aliphatic heterocycles. The third-order valence-electron chi connectivity index (χ3n) is 7.70. The number of Topliss-reactive ketones (excluding diaryl/α,β-unsaturated/α-hetero) is 1. The highest BCUT2D eigenvalue weighted by molar-refractivity contribution is 7.16. The fourth-order valence-corrected chi connectivity index (χ4v) is 6.86. The van der Waals surface area contributed by atoms with Gasteiger partial charge < -0.3 is 24.8 Å². The predicted molar refractivity (Wildman–Crippen MR) is 153 cm³/mol. The first kappa shape index (κ1) is 28.0. The molecule has 1 aromatic heterocycles. The Kier molecular flexibility index (Phi) is 8.28. The van der Waals surface area contributed by atoms with E-state index in [-0.39, 0.29) is 36.7 Å². The Hall–Kier alpha value is -2.53. The summed E-state index contributed by atoms with van der Waals surface area (Å²) in [7, 11) is 2.14. The molecule has 0 spiro atoms. The lowest BCUT2D eigenvalue weighted by Crippen LogP contribution is -2.52. The summed E-state index contributed by atoms with van der Waals surface area (Å²) < 4.78 is 5.52. The number of nitrogens with one attached hydrogen (secondary N) is 1. The number of hydrogen-bond acceptors (Lipinski definition) is 8. The lowest BCUT2D eigenvalue weighted by molar-refractivity contribution is -0.138. The summed E-state index contributed by atoms with van der Waals surface area (Å²) in [5.41, 5.74) is 2.34. The molecule has 0 radical (unpaired) electrons. The average molecular weight is 574 g/mol. The number of aromatic nitrogens is 1. The second kappa shape index (κ2) is 11.5. The minimum atomic E-state index is -0.764. The van der Waals surface area contributed by atoms with Crippen LogP contribution in [-0.4, -0.2) is 102 Å². The number of hydrogen-bond donors (Lipinski definition) is 1. The molecule has 210 valence electrons. The number of likely N-dealkylation sites (N-methyl/N-ethyl adjacent to an activating group) is 1. The van der Waals surface area contributed by atoms with Crippen molar-refractivity contribution in [3.05, 3.63) is 34.7 Å². The molecule has 3 fully saturated rings. The van der Waals surface area contributed by atoms with Crippen molar-refractivity contribution in [1.82, 2.24) is 20.1 Å². The quantitative estimate of drug-likeness (QED) is 0.509. The van der Waals surface area contributed by atoms with Gasteiger partial charge in [0, 0.05) is 48.7 Å². The zero-order chi connectivity index (χ0) is 27.8. The van der Waals surface area contributed by atoms with E-state index in [1.807, 2.05) is 26.0 Å². The Morgan fingerprint density at radius 2 is 1.87 bits per heavy atom. The maximum atomic E-state index is 13.5. The van der Waals surface area contributed by atoms with E-state index >= 15 is 0 Å². The second-order valence-electron chi connectivity index (χ2n) is 11.1. The number of nitrogens with zero attached hydrogens (tertiary/aromatic N) is 4. The van der Waals surface area contributed by atoms with Crippen LogP contribution in [-0.2, 0) is 14.3 Å². The maximum Gasteiger partial charge on any atom is 0.251 e. The molecule has 2 aromatic rings. The van der Waals surface area contributed by atoms with Gasteiger partial charge in [-0.05, 0) is 38.4 Å². The number of ether oxygens (including phenoxy) is 1. The van der Waals surface area contributed by atoms with Crippen molar-refractivity contribution in [3.63, 3.8) is 0 Å². The summed E-state index contributed by atoms with van der Waals surface area (Å²) in [5, 5.41) is 3.51. The van der Waals surface area contributed by atoms with Crippen molar-refractivity contribution in [3.8, 4) is 11.3 Å². The lowest BCUT2D eigenvalue weighted by atomic mass is 10.0. The molecule has 4 heterocycles. The highest BCUT2D eigenvalue weighted by atomic mass is 35.5. The standard InChI is InChI=1S/C28H36ClN5O4S/c1-16(2)13-21(27(37)34-14-20(29)25-24(34)22(35)15-38-25)30-26(36)19-7-5-18(6-8-19)23-17(3)39-28(31-23)33-11-9-32(4)10-12-33/h5-8,16,20-21,24-25H,9-15H2,1-4H3,(H,30,36)/t20-,21+,24-,25-/m1/s1. The van der Waals surface area contributed by atoms with Gasteiger partial charge in [-0.25, -0.2) is 4.98 Å². The number of thiazole rings is 1. The third kappa shape index (κ3) is 5.84. The minimum Gasteiger partial charge on any atom is -0.366 e. The predicted octanol–water partition coefficient (Wildman–Crippen LogP) is 2.80. The van der Waals surface area contributed by atoms with Crippen LogP contribution >= 0.6 is 22.9 Å². The largest absolute Gasteiger partial charge is 0.366 e. The van der Waals surface area contributed by atoms with E-state index in [1.54, 1.807) is 23.5 Å². The first-order chi connectivity index (χ1) is 18.6. The van der Waals surface area contributed by atoms with Crippen molar-refractivity contribution in [2.45, 2.75) is 50.8 Å². The van der Waals surface area contributed by atoms with E-state index in [2.05, 4.69) is 29.1 Å². The van der Waals surface area contributed by atoms with E-state index in [4.69, 9.17) is 21.3 Å². The monoisotopic (exact) mass is 573 g/mol. The smallest absolute Gasteiger partial charge is 0.251 e. The van der Waals surface area contributed by atoms with Crippen LogP contribution in [0.2, 0.25) is 0 Å². The number of aryl methyl sites for hydroxylation is 1.